The molecule has 102 valence electrons. The lowest BCUT2D eigenvalue weighted by Gasteiger charge is -2.12. The Bertz CT molecular complexity index is 203. The first kappa shape index (κ1) is 17.7. The Kier molecular flexibility index (Phi) is 11.0. The van der Waals surface area contributed by atoms with Gasteiger partial charge < -0.3 is 0 Å². The van der Waals surface area contributed by atoms with Gasteiger partial charge in [0.05, 0.1) is 0 Å². The van der Waals surface area contributed by atoms with Gasteiger partial charge in [-0.2, -0.15) is 0 Å². The Morgan fingerprint density at radius 1 is 1.00 bits per heavy atom. The van der Waals surface area contributed by atoms with Crippen LogP contribution in [0.2, 0.25) is 25.2 Å². The van der Waals surface area contributed by atoms with E-state index in [1.54, 1.807) is 0 Å². The summed E-state index contributed by atoms with van der Waals surface area (Å²) < 4.78 is 0. The van der Waals surface area contributed by atoms with E-state index < -0.39 is 6.69 Å². The third-order valence-electron chi connectivity index (χ3n) is 3.03. The van der Waals surface area contributed by atoms with E-state index >= 15 is 0 Å². The maximum absolute atomic E-state index is 3.84. The standard InChI is InChI=1S/C14H31BrSi2/c1-14(2)13-16-11-9-7-5-6-8-10-12-17(3,4)15/h13H,5-12,16H2,1-4H3. The molecule has 0 spiro atoms. The molecule has 0 radical (unpaired) electrons. The third kappa shape index (κ3) is 16.7. The van der Waals surface area contributed by atoms with Crippen molar-refractivity contribution in [3.63, 3.8) is 0 Å². The van der Waals surface area contributed by atoms with E-state index in [4.69, 9.17) is 0 Å². The van der Waals surface area contributed by atoms with Gasteiger partial charge in [-0.15, -0.1) is 21.0 Å². The van der Waals surface area contributed by atoms with Gasteiger partial charge in [0.2, 0.25) is 0 Å². The van der Waals surface area contributed by atoms with Crippen LogP contribution in [0.1, 0.15) is 52.4 Å². The van der Waals surface area contributed by atoms with Crippen LogP contribution in [0.4, 0.5) is 0 Å². The smallest absolute Gasteiger partial charge is 0.124 e. The predicted octanol–water partition coefficient (Wildman–Crippen LogP) is 5.44. The fourth-order valence-electron chi connectivity index (χ4n) is 1.96. The van der Waals surface area contributed by atoms with Crippen molar-refractivity contribution in [2.24, 2.45) is 0 Å². The minimum absolute atomic E-state index is 0.139. The molecule has 0 unspecified atom stereocenters. The summed E-state index contributed by atoms with van der Waals surface area (Å²) in [6, 6.07) is 2.97. The number of hydrogen-bond donors (Lipinski definition) is 0. The van der Waals surface area contributed by atoms with E-state index in [1.807, 2.05) is 0 Å². The van der Waals surface area contributed by atoms with Crippen LogP contribution in [-0.4, -0.2) is 16.2 Å². The second-order valence-corrected chi connectivity index (χ2v) is 18.1. The summed E-state index contributed by atoms with van der Waals surface area (Å²) in [5, 5.41) is 0. The molecule has 0 bridgehead atoms. The van der Waals surface area contributed by atoms with Crippen LogP contribution in [0, 0.1) is 0 Å². The van der Waals surface area contributed by atoms with E-state index in [-0.39, 0.29) is 9.52 Å². The normalized spacial score (nSPS) is 12.3. The molecular formula is C14H31BrSi2. The lowest BCUT2D eigenvalue weighted by atomic mass is 10.1. The maximum atomic E-state index is 3.84. The fraction of sp³-hybridized carbons (Fsp3) is 0.857. The SMILES string of the molecule is CC(C)=C[SiH2]CCCCCCCC[Si](C)(C)Br. The quantitative estimate of drug-likeness (QED) is 0.283. The van der Waals surface area contributed by atoms with Crippen LogP contribution in [-0.2, 0) is 0 Å². The minimum Gasteiger partial charge on any atom is -0.127 e. The monoisotopic (exact) mass is 334 g/mol. The summed E-state index contributed by atoms with van der Waals surface area (Å²) >= 11 is 3.84. The summed E-state index contributed by atoms with van der Waals surface area (Å²) in [4.78, 5) is 0. The first-order valence-corrected chi connectivity index (χ1v) is 14.5. The van der Waals surface area contributed by atoms with Gasteiger partial charge in [0.15, 0.2) is 0 Å². The molecule has 0 nitrogen and oxygen atoms in total. The Morgan fingerprint density at radius 2 is 1.53 bits per heavy atom. The van der Waals surface area contributed by atoms with Gasteiger partial charge in [0.1, 0.15) is 6.69 Å². The Labute approximate surface area is 120 Å². The van der Waals surface area contributed by atoms with Crippen molar-refractivity contribution in [1.82, 2.24) is 0 Å². The van der Waals surface area contributed by atoms with Gasteiger partial charge in [-0.1, -0.05) is 63.2 Å². The molecule has 3 heteroatoms. The molecule has 0 fully saturated rings. The summed E-state index contributed by atoms with van der Waals surface area (Å²) in [6.07, 6.45) is 8.77. The summed E-state index contributed by atoms with van der Waals surface area (Å²) in [6.45, 7) is 8.31. The van der Waals surface area contributed by atoms with E-state index in [9.17, 15) is 0 Å². The summed E-state index contributed by atoms with van der Waals surface area (Å²) in [7, 11) is 0.139. The summed E-state index contributed by atoms with van der Waals surface area (Å²) in [5.41, 5.74) is 4.03. The zero-order valence-corrected chi connectivity index (χ0v) is 16.3. The molecule has 0 aromatic rings. The van der Waals surface area contributed by atoms with Crippen molar-refractivity contribution in [2.75, 3.05) is 0 Å². The van der Waals surface area contributed by atoms with E-state index in [0.29, 0.717) is 0 Å². The number of unbranched alkanes of at least 4 members (excludes halogenated alkanes) is 5. The minimum atomic E-state index is -0.943. The Balaban J connectivity index is 3.12. The first-order chi connectivity index (χ1) is 7.92. The topological polar surface area (TPSA) is 0 Å². The average Bonchev–Trinajstić information content (AvgIpc) is 2.18. The Hall–Kier alpha value is 0.654. The average molecular weight is 335 g/mol. The van der Waals surface area contributed by atoms with Crippen LogP contribution in [0.25, 0.3) is 0 Å². The second-order valence-electron chi connectivity index (χ2n) is 6.01. The van der Waals surface area contributed by atoms with Crippen molar-refractivity contribution in [2.45, 2.75) is 77.6 Å². The highest BCUT2D eigenvalue weighted by atomic mass is 79.9. The molecule has 0 saturated carbocycles. The van der Waals surface area contributed by atoms with Crippen molar-refractivity contribution in [3.05, 3.63) is 11.3 Å². The highest BCUT2D eigenvalue weighted by Gasteiger charge is 2.14. The van der Waals surface area contributed by atoms with Crippen molar-refractivity contribution in [1.29, 1.82) is 0 Å². The van der Waals surface area contributed by atoms with Crippen LogP contribution in [0.15, 0.2) is 11.3 Å². The van der Waals surface area contributed by atoms with Gasteiger partial charge >= 0.3 is 0 Å². The van der Waals surface area contributed by atoms with E-state index in [1.165, 1.54) is 56.2 Å². The Morgan fingerprint density at radius 3 is 2.06 bits per heavy atom. The zero-order chi connectivity index (χ0) is 13.1. The molecular weight excluding hydrogens is 304 g/mol. The molecule has 0 amide bonds. The molecule has 0 aliphatic rings. The van der Waals surface area contributed by atoms with Gasteiger partial charge in [-0.25, -0.2) is 0 Å². The van der Waals surface area contributed by atoms with Gasteiger partial charge in [0, 0.05) is 9.52 Å². The largest absolute Gasteiger partial charge is 0.127 e. The number of halogens is 1. The van der Waals surface area contributed by atoms with Crippen molar-refractivity contribution in [3.8, 4) is 0 Å². The van der Waals surface area contributed by atoms with Crippen LogP contribution in [0.3, 0.4) is 0 Å². The highest BCUT2D eigenvalue weighted by molar-refractivity contribution is 9.26. The van der Waals surface area contributed by atoms with Crippen LogP contribution in [0.5, 0.6) is 0 Å². The third-order valence-corrected chi connectivity index (χ3v) is 7.77. The molecule has 0 saturated heterocycles. The lowest BCUT2D eigenvalue weighted by molar-refractivity contribution is 0.622. The van der Waals surface area contributed by atoms with Crippen LogP contribution >= 0.6 is 15.3 Å². The molecule has 0 aliphatic carbocycles. The number of rotatable bonds is 10. The van der Waals surface area contributed by atoms with E-state index in [0.717, 1.165) is 0 Å². The van der Waals surface area contributed by atoms with Crippen LogP contribution < -0.4 is 0 Å². The molecule has 0 atom stereocenters. The molecule has 0 aromatic heterocycles. The van der Waals surface area contributed by atoms with Gasteiger partial charge in [-0.3, -0.25) is 0 Å². The van der Waals surface area contributed by atoms with Crippen molar-refractivity contribution >= 4 is 31.5 Å². The highest BCUT2D eigenvalue weighted by Crippen LogP contribution is 2.21. The molecule has 0 N–H and O–H groups in total. The van der Waals surface area contributed by atoms with Gasteiger partial charge in [-0.05, 0) is 19.9 Å². The first-order valence-electron chi connectivity index (χ1n) is 7.24. The number of hydrogen-bond acceptors (Lipinski definition) is 0. The summed E-state index contributed by atoms with van der Waals surface area (Å²) in [5.74, 6) is 0. The lowest BCUT2D eigenvalue weighted by Crippen LogP contribution is -2.13. The second kappa shape index (κ2) is 10.6. The molecule has 0 aliphatic heterocycles. The number of allylic oxidation sites excluding steroid dienone is 1. The molecule has 0 rings (SSSR count). The predicted molar refractivity (Wildman–Crippen MR) is 91.7 cm³/mol. The van der Waals surface area contributed by atoms with Gasteiger partial charge in [0.25, 0.3) is 0 Å². The molecule has 0 heterocycles. The van der Waals surface area contributed by atoms with E-state index in [2.05, 4.69) is 47.9 Å². The fourth-order valence-corrected chi connectivity index (χ4v) is 5.32. The molecule has 17 heavy (non-hydrogen) atoms. The molecule has 0 aromatic carbocycles. The van der Waals surface area contributed by atoms with Crippen molar-refractivity contribution < 1.29 is 0 Å². The maximum Gasteiger partial charge on any atom is 0.124 e. The zero-order valence-electron chi connectivity index (χ0n) is 12.3.